The molecule has 2 heterocycles. The second kappa shape index (κ2) is 8.93. The maximum Gasteiger partial charge on any atom is 0.193 e. The molecule has 2 atom stereocenters. The molecule has 2 unspecified atom stereocenters. The summed E-state index contributed by atoms with van der Waals surface area (Å²) in [7, 11) is 3.84. The molecular weight excluding hydrogens is 336 g/mol. The van der Waals surface area contributed by atoms with Gasteiger partial charge in [0.15, 0.2) is 5.96 Å². The number of anilines is 1. The minimum atomic E-state index is 0.334. The maximum atomic E-state index is 4.52. The summed E-state index contributed by atoms with van der Waals surface area (Å²) in [6.07, 6.45) is 5.26. The van der Waals surface area contributed by atoms with Gasteiger partial charge in [-0.25, -0.2) is 0 Å². The molecule has 1 aromatic carbocycles. The van der Waals surface area contributed by atoms with Crippen molar-refractivity contribution < 1.29 is 0 Å². The summed E-state index contributed by atoms with van der Waals surface area (Å²) in [4.78, 5) is 6.88. The molecule has 1 aromatic heterocycles. The molecule has 0 spiro atoms. The summed E-state index contributed by atoms with van der Waals surface area (Å²) in [5.74, 6) is 2.03. The van der Waals surface area contributed by atoms with Crippen molar-refractivity contribution in [1.29, 1.82) is 0 Å². The summed E-state index contributed by atoms with van der Waals surface area (Å²) in [5.41, 5.74) is 2.48. The average molecular weight is 369 g/mol. The Hall–Kier alpha value is -2.50. The van der Waals surface area contributed by atoms with E-state index in [1.54, 1.807) is 0 Å². The molecule has 2 aromatic rings. The fraction of sp³-hybridized carbons (Fsp3) is 0.524. The number of hydrogen-bond acceptors (Lipinski definition) is 3. The first kappa shape index (κ1) is 19.3. The molecule has 3 rings (SSSR count). The standard InChI is InChI=1S/C21H32N6/c1-16(2)20(25-19-8-6-5-7-9-19)13-23-21(22-3)27-11-10-17(15-27)18-12-24-26(4)14-18/h5-9,12,14,16-17,20,25H,10-11,13,15H2,1-4H3,(H,22,23). The third-order valence-electron chi connectivity index (χ3n) is 5.31. The van der Waals surface area contributed by atoms with Crippen LogP contribution in [0.4, 0.5) is 5.69 Å². The molecule has 146 valence electrons. The molecular formula is C21H32N6. The third-order valence-corrected chi connectivity index (χ3v) is 5.31. The molecule has 0 saturated carbocycles. The van der Waals surface area contributed by atoms with Gasteiger partial charge in [-0.2, -0.15) is 5.10 Å². The fourth-order valence-electron chi connectivity index (χ4n) is 3.61. The number of aromatic nitrogens is 2. The van der Waals surface area contributed by atoms with Gasteiger partial charge < -0.3 is 15.5 Å². The van der Waals surface area contributed by atoms with Crippen molar-refractivity contribution >= 4 is 11.6 Å². The minimum absolute atomic E-state index is 0.334. The van der Waals surface area contributed by atoms with E-state index in [-0.39, 0.29) is 0 Å². The zero-order chi connectivity index (χ0) is 19.2. The second-order valence-electron chi connectivity index (χ2n) is 7.67. The van der Waals surface area contributed by atoms with Gasteiger partial charge in [0.1, 0.15) is 0 Å². The van der Waals surface area contributed by atoms with E-state index in [9.17, 15) is 0 Å². The van der Waals surface area contributed by atoms with Crippen LogP contribution in [-0.2, 0) is 7.05 Å². The largest absolute Gasteiger partial charge is 0.380 e. The van der Waals surface area contributed by atoms with Gasteiger partial charge in [-0.15, -0.1) is 0 Å². The number of likely N-dealkylation sites (tertiary alicyclic amines) is 1. The van der Waals surface area contributed by atoms with Gasteiger partial charge in [0.05, 0.1) is 6.20 Å². The van der Waals surface area contributed by atoms with Gasteiger partial charge in [0, 0.05) is 57.6 Å². The fourth-order valence-corrected chi connectivity index (χ4v) is 3.61. The Bertz CT molecular complexity index is 736. The molecule has 0 bridgehead atoms. The first-order valence-electron chi connectivity index (χ1n) is 9.82. The van der Waals surface area contributed by atoms with Gasteiger partial charge in [0.2, 0.25) is 0 Å². The van der Waals surface area contributed by atoms with E-state index < -0.39 is 0 Å². The van der Waals surface area contributed by atoms with Crippen molar-refractivity contribution in [2.45, 2.75) is 32.2 Å². The number of rotatable bonds is 6. The van der Waals surface area contributed by atoms with E-state index in [1.165, 1.54) is 5.56 Å². The van der Waals surface area contributed by atoms with Crippen LogP contribution < -0.4 is 10.6 Å². The highest BCUT2D eigenvalue weighted by atomic mass is 15.3. The van der Waals surface area contributed by atoms with E-state index in [1.807, 2.05) is 31.0 Å². The van der Waals surface area contributed by atoms with Crippen molar-refractivity contribution in [2.24, 2.45) is 18.0 Å². The first-order valence-corrected chi connectivity index (χ1v) is 9.82. The summed E-state index contributed by atoms with van der Waals surface area (Å²) >= 11 is 0. The Morgan fingerprint density at radius 3 is 2.70 bits per heavy atom. The van der Waals surface area contributed by atoms with Crippen molar-refractivity contribution in [3.63, 3.8) is 0 Å². The normalized spacial score (nSPS) is 18.8. The van der Waals surface area contributed by atoms with Crippen LogP contribution in [0.1, 0.15) is 31.7 Å². The van der Waals surface area contributed by atoms with Crippen molar-refractivity contribution in [1.82, 2.24) is 20.0 Å². The highest BCUT2D eigenvalue weighted by molar-refractivity contribution is 5.80. The van der Waals surface area contributed by atoms with Crippen molar-refractivity contribution in [3.05, 3.63) is 48.3 Å². The number of aliphatic imine (C=N–C) groups is 1. The highest BCUT2D eigenvalue weighted by Crippen LogP contribution is 2.26. The molecule has 1 aliphatic rings. The number of aryl methyl sites for hydroxylation is 1. The lowest BCUT2D eigenvalue weighted by molar-refractivity contribution is 0.463. The van der Waals surface area contributed by atoms with Crippen LogP contribution in [0.15, 0.2) is 47.7 Å². The van der Waals surface area contributed by atoms with E-state index >= 15 is 0 Å². The smallest absolute Gasteiger partial charge is 0.193 e. The molecule has 0 amide bonds. The Balaban J connectivity index is 1.56. The van der Waals surface area contributed by atoms with Crippen molar-refractivity contribution in [3.8, 4) is 0 Å². The number of guanidine groups is 1. The first-order chi connectivity index (χ1) is 13.1. The summed E-state index contributed by atoms with van der Waals surface area (Å²) in [6, 6.07) is 10.7. The Morgan fingerprint density at radius 2 is 2.07 bits per heavy atom. The highest BCUT2D eigenvalue weighted by Gasteiger charge is 2.27. The molecule has 1 aliphatic heterocycles. The molecule has 6 heteroatoms. The van der Waals surface area contributed by atoms with Crippen LogP contribution in [0.5, 0.6) is 0 Å². The Kier molecular flexibility index (Phi) is 6.37. The lowest BCUT2D eigenvalue weighted by Gasteiger charge is -2.27. The van der Waals surface area contributed by atoms with Crippen LogP contribution in [0.2, 0.25) is 0 Å². The number of para-hydroxylation sites is 1. The van der Waals surface area contributed by atoms with Crippen LogP contribution in [-0.4, -0.2) is 53.4 Å². The number of benzene rings is 1. The summed E-state index contributed by atoms with van der Waals surface area (Å²) in [5, 5.41) is 11.5. The van der Waals surface area contributed by atoms with E-state index in [2.05, 4.69) is 69.9 Å². The van der Waals surface area contributed by atoms with Crippen LogP contribution in [0, 0.1) is 5.92 Å². The quantitative estimate of drug-likeness (QED) is 0.608. The van der Waals surface area contributed by atoms with E-state index in [0.29, 0.717) is 17.9 Å². The van der Waals surface area contributed by atoms with Gasteiger partial charge >= 0.3 is 0 Å². The topological polar surface area (TPSA) is 57.5 Å². The zero-order valence-electron chi connectivity index (χ0n) is 16.9. The Labute approximate surface area is 162 Å². The molecule has 6 nitrogen and oxygen atoms in total. The second-order valence-corrected chi connectivity index (χ2v) is 7.67. The van der Waals surface area contributed by atoms with E-state index in [4.69, 9.17) is 0 Å². The Morgan fingerprint density at radius 1 is 1.30 bits per heavy atom. The molecule has 1 saturated heterocycles. The average Bonchev–Trinajstić information content (AvgIpc) is 3.31. The third kappa shape index (κ3) is 5.02. The van der Waals surface area contributed by atoms with E-state index in [0.717, 1.165) is 37.7 Å². The van der Waals surface area contributed by atoms with Crippen LogP contribution in [0.25, 0.3) is 0 Å². The predicted octanol–water partition coefficient (Wildman–Crippen LogP) is 2.92. The SMILES string of the molecule is CN=C(NCC(Nc1ccccc1)C(C)C)N1CCC(c2cnn(C)c2)C1. The molecule has 27 heavy (non-hydrogen) atoms. The van der Waals surface area contributed by atoms with Crippen LogP contribution in [0.3, 0.4) is 0 Å². The van der Waals surface area contributed by atoms with Crippen molar-refractivity contribution in [2.75, 3.05) is 32.0 Å². The number of hydrogen-bond donors (Lipinski definition) is 2. The molecule has 0 radical (unpaired) electrons. The number of nitrogens with one attached hydrogen (secondary N) is 2. The summed E-state index contributed by atoms with van der Waals surface area (Å²) < 4.78 is 1.88. The van der Waals surface area contributed by atoms with Gasteiger partial charge in [-0.05, 0) is 30.0 Å². The lowest BCUT2D eigenvalue weighted by Crippen LogP contribution is -2.46. The zero-order valence-corrected chi connectivity index (χ0v) is 16.9. The number of nitrogens with zero attached hydrogens (tertiary/aromatic N) is 4. The lowest BCUT2D eigenvalue weighted by atomic mass is 10.0. The molecule has 0 aliphatic carbocycles. The van der Waals surface area contributed by atoms with Gasteiger partial charge in [0.25, 0.3) is 0 Å². The maximum absolute atomic E-state index is 4.52. The summed E-state index contributed by atoms with van der Waals surface area (Å²) in [6.45, 7) is 7.35. The van der Waals surface area contributed by atoms with Crippen LogP contribution >= 0.6 is 0 Å². The van der Waals surface area contributed by atoms with Gasteiger partial charge in [-0.3, -0.25) is 9.67 Å². The minimum Gasteiger partial charge on any atom is -0.380 e. The van der Waals surface area contributed by atoms with Gasteiger partial charge in [-0.1, -0.05) is 32.0 Å². The monoisotopic (exact) mass is 368 g/mol. The predicted molar refractivity (Wildman–Crippen MR) is 112 cm³/mol. The molecule has 1 fully saturated rings. The molecule has 2 N–H and O–H groups in total.